The highest BCUT2D eigenvalue weighted by atomic mass is 19.4. The molecule has 0 fully saturated rings. The fourth-order valence-electron chi connectivity index (χ4n) is 2.54. The van der Waals surface area contributed by atoms with Crippen LogP contribution in [0.15, 0.2) is 18.2 Å². The van der Waals surface area contributed by atoms with Crippen molar-refractivity contribution >= 4 is 0 Å². The molecule has 0 spiro atoms. The third-order valence-electron chi connectivity index (χ3n) is 3.24. The first-order chi connectivity index (χ1) is 8.39. The van der Waals surface area contributed by atoms with Crippen molar-refractivity contribution in [2.75, 3.05) is 27.2 Å². The van der Waals surface area contributed by atoms with Crippen molar-refractivity contribution < 1.29 is 13.2 Å². The van der Waals surface area contributed by atoms with Crippen LogP contribution in [0.1, 0.15) is 22.6 Å². The van der Waals surface area contributed by atoms with Crippen molar-refractivity contribution in [3.63, 3.8) is 0 Å². The third kappa shape index (κ3) is 2.67. The van der Waals surface area contributed by atoms with E-state index >= 15 is 0 Å². The minimum absolute atomic E-state index is 0.117. The molecule has 0 bridgehead atoms. The molecule has 18 heavy (non-hydrogen) atoms. The zero-order chi connectivity index (χ0) is 13.3. The van der Waals surface area contributed by atoms with Crippen molar-refractivity contribution in [3.05, 3.63) is 34.9 Å². The maximum Gasteiger partial charge on any atom is 0.416 e. The van der Waals surface area contributed by atoms with Crippen LogP contribution in [0, 0.1) is 0 Å². The van der Waals surface area contributed by atoms with Gasteiger partial charge in [0.15, 0.2) is 0 Å². The summed E-state index contributed by atoms with van der Waals surface area (Å²) in [5, 5.41) is 3.08. The lowest BCUT2D eigenvalue weighted by molar-refractivity contribution is -0.138. The number of rotatable bonds is 2. The van der Waals surface area contributed by atoms with E-state index in [0.29, 0.717) is 12.1 Å². The van der Waals surface area contributed by atoms with Crippen LogP contribution in [0.4, 0.5) is 13.2 Å². The van der Waals surface area contributed by atoms with E-state index < -0.39 is 11.7 Å². The highest BCUT2D eigenvalue weighted by molar-refractivity contribution is 5.41. The summed E-state index contributed by atoms with van der Waals surface area (Å²) in [5.41, 5.74) is 0.733. The number of fused-ring (bicyclic) bond motifs is 1. The monoisotopic (exact) mass is 258 g/mol. The number of hydrogen-bond acceptors (Lipinski definition) is 2. The molecule has 1 aliphatic rings. The summed E-state index contributed by atoms with van der Waals surface area (Å²) >= 11 is 0. The number of likely N-dealkylation sites (N-methyl/N-ethyl adjacent to an activating group) is 1. The molecule has 0 amide bonds. The van der Waals surface area contributed by atoms with Gasteiger partial charge in [0, 0.05) is 25.6 Å². The summed E-state index contributed by atoms with van der Waals surface area (Å²) < 4.78 is 38.8. The van der Waals surface area contributed by atoms with Gasteiger partial charge in [0.25, 0.3) is 0 Å². The van der Waals surface area contributed by atoms with Crippen LogP contribution in [0.3, 0.4) is 0 Å². The van der Waals surface area contributed by atoms with E-state index in [1.54, 1.807) is 0 Å². The maximum atomic E-state index is 12.9. The minimum Gasteiger partial charge on any atom is -0.312 e. The lowest BCUT2D eigenvalue weighted by atomic mass is 9.87. The molecule has 1 unspecified atom stereocenters. The molecular weight excluding hydrogens is 241 g/mol. The molecule has 2 rings (SSSR count). The lowest BCUT2D eigenvalue weighted by Gasteiger charge is -2.30. The number of nitrogens with one attached hydrogen (secondary N) is 1. The molecule has 1 atom stereocenters. The Kier molecular flexibility index (Phi) is 3.64. The summed E-state index contributed by atoms with van der Waals surface area (Å²) in [6.45, 7) is 1.78. The van der Waals surface area contributed by atoms with Crippen LogP contribution in [-0.4, -0.2) is 32.1 Å². The quantitative estimate of drug-likeness (QED) is 0.876. The number of nitrogens with zero attached hydrogens (tertiary/aromatic N) is 1. The predicted octanol–water partition coefficient (Wildman–Crippen LogP) is 2.45. The van der Waals surface area contributed by atoms with Gasteiger partial charge in [0.05, 0.1) is 5.56 Å². The van der Waals surface area contributed by atoms with Crippen LogP contribution in [0.5, 0.6) is 0 Å². The summed E-state index contributed by atoms with van der Waals surface area (Å²) in [4.78, 5) is 2.00. The second-order valence-corrected chi connectivity index (χ2v) is 4.96. The number of hydrogen-bond donors (Lipinski definition) is 1. The van der Waals surface area contributed by atoms with Crippen LogP contribution < -0.4 is 5.32 Å². The lowest BCUT2D eigenvalue weighted by Crippen LogP contribution is -2.35. The summed E-state index contributed by atoms with van der Waals surface area (Å²) in [6.07, 6.45) is -4.27. The molecule has 1 aromatic carbocycles. The molecule has 0 radical (unpaired) electrons. The molecule has 0 aliphatic carbocycles. The van der Waals surface area contributed by atoms with E-state index in [2.05, 4.69) is 5.32 Å². The van der Waals surface area contributed by atoms with Crippen LogP contribution in [-0.2, 0) is 12.7 Å². The summed E-state index contributed by atoms with van der Waals surface area (Å²) in [6, 6.07) is 4.49. The fourth-order valence-corrected chi connectivity index (χ4v) is 2.54. The standard InChI is InChI=1S/C13H17F3N2/c1-18(2)8-9-6-17-7-11-10(9)4-3-5-12(11)13(14,15)16/h3-5,9,17H,6-8H2,1-2H3. The van der Waals surface area contributed by atoms with Crippen molar-refractivity contribution in [2.24, 2.45) is 0 Å². The summed E-state index contributed by atoms with van der Waals surface area (Å²) in [5.74, 6) is 0.117. The first-order valence-corrected chi connectivity index (χ1v) is 5.94. The van der Waals surface area contributed by atoms with E-state index in [1.165, 1.54) is 12.1 Å². The predicted molar refractivity (Wildman–Crippen MR) is 64.4 cm³/mol. The Hall–Kier alpha value is -1.07. The zero-order valence-corrected chi connectivity index (χ0v) is 10.5. The number of halogens is 3. The summed E-state index contributed by atoms with van der Waals surface area (Å²) in [7, 11) is 3.86. The second kappa shape index (κ2) is 4.90. The molecule has 0 saturated heterocycles. The molecule has 100 valence electrons. The van der Waals surface area contributed by atoms with E-state index in [1.807, 2.05) is 25.1 Å². The normalized spacial score (nSPS) is 20.0. The average Bonchev–Trinajstić information content (AvgIpc) is 2.26. The highest BCUT2D eigenvalue weighted by Gasteiger charge is 2.35. The SMILES string of the molecule is CN(C)CC1CNCc2c1cccc2C(F)(F)F. The molecule has 0 saturated carbocycles. The highest BCUT2D eigenvalue weighted by Crippen LogP contribution is 2.36. The van der Waals surface area contributed by atoms with Gasteiger partial charge in [-0.05, 0) is 31.3 Å². The van der Waals surface area contributed by atoms with Crippen molar-refractivity contribution in [3.8, 4) is 0 Å². The van der Waals surface area contributed by atoms with Gasteiger partial charge in [-0.2, -0.15) is 13.2 Å². The van der Waals surface area contributed by atoms with Gasteiger partial charge in [0.1, 0.15) is 0 Å². The van der Waals surface area contributed by atoms with Gasteiger partial charge in [-0.25, -0.2) is 0 Å². The Balaban J connectivity index is 2.41. The molecule has 0 aromatic heterocycles. The molecule has 1 aliphatic heterocycles. The van der Waals surface area contributed by atoms with E-state index in [-0.39, 0.29) is 5.92 Å². The van der Waals surface area contributed by atoms with Gasteiger partial charge in [-0.15, -0.1) is 0 Å². The van der Waals surface area contributed by atoms with Crippen molar-refractivity contribution in [1.29, 1.82) is 0 Å². The molecule has 2 nitrogen and oxygen atoms in total. The Morgan fingerprint density at radius 1 is 1.33 bits per heavy atom. The third-order valence-corrected chi connectivity index (χ3v) is 3.24. The van der Waals surface area contributed by atoms with Gasteiger partial charge >= 0.3 is 6.18 Å². The molecule has 1 N–H and O–H groups in total. The van der Waals surface area contributed by atoms with Gasteiger partial charge < -0.3 is 10.2 Å². The van der Waals surface area contributed by atoms with Crippen molar-refractivity contribution in [1.82, 2.24) is 10.2 Å². The Morgan fingerprint density at radius 2 is 2.06 bits per heavy atom. The van der Waals surface area contributed by atoms with Gasteiger partial charge in [-0.3, -0.25) is 0 Å². The topological polar surface area (TPSA) is 15.3 Å². The van der Waals surface area contributed by atoms with Crippen LogP contribution in [0.25, 0.3) is 0 Å². The maximum absolute atomic E-state index is 12.9. The van der Waals surface area contributed by atoms with E-state index in [4.69, 9.17) is 0 Å². The first kappa shape index (κ1) is 13.4. The molecule has 5 heteroatoms. The fraction of sp³-hybridized carbons (Fsp3) is 0.538. The van der Waals surface area contributed by atoms with E-state index in [9.17, 15) is 13.2 Å². The Morgan fingerprint density at radius 3 is 2.67 bits per heavy atom. The minimum atomic E-state index is -4.27. The average molecular weight is 258 g/mol. The first-order valence-electron chi connectivity index (χ1n) is 5.94. The van der Waals surface area contributed by atoms with E-state index in [0.717, 1.165) is 18.7 Å². The molecular formula is C13H17F3N2. The smallest absolute Gasteiger partial charge is 0.312 e. The van der Waals surface area contributed by atoms with Crippen LogP contribution >= 0.6 is 0 Å². The molecule has 1 aromatic rings. The Bertz CT molecular complexity index is 427. The zero-order valence-electron chi connectivity index (χ0n) is 10.5. The molecule has 1 heterocycles. The number of benzene rings is 1. The largest absolute Gasteiger partial charge is 0.416 e. The van der Waals surface area contributed by atoms with Gasteiger partial charge in [0.2, 0.25) is 0 Å². The van der Waals surface area contributed by atoms with Crippen LogP contribution in [0.2, 0.25) is 0 Å². The number of alkyl halides is 3. The second-order valence-electron chi connectivity index (χ2n) is 4.96. The van der Waals surface area contributed by atoms with Gasteiger partial charge in [-0.1, -0.05) is 12.1 Å². The Labute approximate surface area is 105 Å². The van der Waals surface area contributed by atoms with Crippen molar-refractivity contribution in [2.45, 2.75) is 18.6 Å².